The molecule has 1 aliphatic heterocycles. The zero-order valence-corrected chi connectivity index (χ0v) is 8.73. The summed E-state index contributed by atoms with van der Waals surface area (Å²) in [4.78, 5) is 17.5. The van der Waals surface area contributed by atoms with Crippen LogP contribution in [0.5, 0.6) is 0 Å². The zero-order chi connectivity index (χ0) is 10.7. The molecule has 1 aromatic heterocycles. The largest absolute Gasteiger partial charge is 0.335 e. The summed E-state index contributed by atoms with van der Waals surface area (Å²) in [6.45, 7) is 1.90. The van der Waals surface area contributed by atoms with E-state index >= 15 is 0 Å². The van der Waals surface area contributed by atoms with Crippen molar-refractivity contribution in [2.24, 2.45) is 0 Å². The second kappa shape index (κ2) is 4.39. The molecule has 2 N–H and O–H groups in total. The lowest BCUT2D eigenvalue weighted by Gasteiger charge is -2.31. The Hall–Kier alpha value is -1.43. The average molecular weight is 209 g/mol. The van der Waals surface area contributed by atoms with Gasteiger partial charge in [-0.15, -0.1) is 0 Å². The third-order valence-electron chi connectivity index (χ3n) is 2.76. The topological polar surface area (TPSA) is 73.9 Å². The van der Waals surface area contributed by atoms with Gasteiger partial charge in [-0.2, -0.15) is 5.10 Å². The van der Waals surface area contributed by atoms with Gasteiger partial charge in [0.15, 0.2) is 0 Å². The molecule has 1 unspecified atom stereocenters. The molecule has 6 heteroatoms. The number of amides is 1. The van der Waals surface area contributed by atoms with Crippen LogP contribution in [0.3, 0.4) is 0 Å². The van der Waals surface area contributed by atoms with E-state index in [0.717, 1.165) is 25.9 Å². The van der Waals surface area contributed by atoms with Gasteiger partial charge in [-0.1, -0.05) is 0 Å². The molecule has 2 rings (SSSR count). The van der Waals surface area contributed by atoms with E-state index in [0.29, 0.717) is 5.82 Å². The summed E-state index contributed by atoms with van der Waals surface area (Å²) >= 11 is 0. The molecular formula is C9H15N5O. The van der Waals surface area contributed by atoms with Crippen molar-refractivity contribution in [3.63, 3.8) is 0 Å². The number of rotatable bonds is 2. The molecule has 1 aromatic rings. The number of hydrogen-bond acceptors (Lipinski definition) is 4. The summed E-state index contributed by atoms with van der Waals surface area (Å²) in [6.07, 6.45) is 3.50. The van der Waals surface area contributed by atoms with Crippen molar-refractivity contribution in [3.05, 3.63) is 12.2 Å². The fraction of sp³-hybridized carbons (Fsp3) is 0.667. The lowest BCUT2D eigenvalue weighted by Crippen LogP contribution is -2.46. The lowest BCUT2D eigenvalue weighted by atomic mass is 10.1. The number of H-pyrrole nitrogens is 1. The van der Waals surface area contributed by atoms with Crippen LogP contribution in [-0.4, -0.2) is 52.2 Å². The van der Waals surface area contributed by atoms with Crippen molar-refractivity contribution >= 4 is 5.91 Å². The summed E-state index contributed by atoms with van der Waals surface area (Å²) in [5.74, 6) is 0.212. The smallest absolute Gasteiger partial charge is 0.291 e. The first-order chi connectivity index (χ1) is 7.29. The molecule has 1 atom stereocenters. The predicted octanol–water partition coefficient (Wildman–Crippen LogP) is -0.371. The average Bonchev–Trinajstić information content (AvgIpc) is 2.82. The molecule has 15 heavy (non-hydrogen) atoms. The maximum atomic E-state index is 11.9. The van der Waals surface area contributed by atoms with Crippen LogP contribution in [0.4, 0.5) is 0 Å². The molecule has 1 amide bonds. The van der Waals surface area contributed by atoms with E-state index < -0.39 is 0 Å². The number of aromatic nitrogens is 3. The van der Waals surface area contributed by atoms with E-state index in [4.69, 9.17) is 0 Å². The first-order valence-electron chi connectivity index (χ1n) is 5.12. The van der Waals surface area contributed by atoms with Crippen molar-refractivity contribution in [2.45, 2.75) is 18.9 Å². The highest BCUT2D eigenvalue weighted by molar-refractivity contribution is 5.90. The van der Waals surface area contributed by atoms with E-state index in [1.165, 1.54) is 6.33 Å². The van der Waals surface area contributed by atoms with Crippen LogP contribution in [0, 0.1) is 0 Å². The van der Waals surface area contributed by atoms with Gasteiger partial charge in [0.05, 0.1) is 0 Å². The third-order valence-corrected chi connectivity index (χ3v) is 2.76. The number of piperidine rings is 1. The molecule has 1 aliphatic rings. The minimum absolute atomic E-state index is 0.0961. The third kappa shape index (κ3) is 2.15. The van der Waals surface area contributed by atoms with Gasteiger partial charge >= 0.3 is 0 Å². The molecule has 0 spiro atoms. The Labute approximate surface area is 88.1 Å². The van der Waals surface area contributed by atoms with Gasteiger partial charge in [0.2, 0.25) is 5.82 Å². The zero-order valence-electron chi connectivity index (χ0n) is 8.73. The Kier molecular flexibility index (Phi) is 2.96. The van der Waals surface area contributed by atoms with Crippen molar-refractivity contribution in [1.29, 1.82) is 0 Å². The second-order valence-corrected chi connectivity index (χ2v) is 3.75. The van der Waals surface area contributed by atoms with Crippen LogP contribution < -0.4 is 5.32 Å². The number of hydrogen-bond donors (Lipinski definition) is 2. The summed E-state index contributed by atoms with van der Waals surface area (Å²) in [5.41, 5.74) is 0. The van der Waals surface area contributed by atoms with Gasteiger partial charge in [-0.05, 0) is 19.4 Å². The summed E-state index contributed by atoms with van der Waals surface area (Å²) in [6, 6.07) is 0.261. The molecule has 0 bridgehead atoms. The molecule has 6 nitrogen and oxygen atoms in total. The highest BCUT2D eigenvalue weighted by Gasteiger charge is 2.24. The van der Waals surface area contributed by atoms with Gasteiger partial charge in [0.1, 0.15) is 6.33 Å². The van der Waals surface area contributed by atoms with E-state index in [2.05, 4.69) is 20.5 Å². The van der Waals surface area contributed by atoms with Gasteiger partial charge in [-0.25, -0.2) is 4.98 Å². The Bertz CT molecular complexity index is 317. The standard InChI is InChI=1S/C9H15N5O/c1-14(7-3-2-4-10-5-7)9(15)8-11-6-12-13-8/h6-7,10H,2-5H2,1H3,(H,11,12,13). The SMILES string of the molecule is CN(C(=O)c1ncn[nH]1)C1CCCNC1. The van der Waals surface area contributed by atoms with Crippen molar-refractivity contribution < 1.29 is 4.79 Å². The first kappa shape index (κ1) is 10.1. The molecule has 0 aliphatic carbocycles. The summed E-state index contributed by atoms with van der Waals surface area (Å²) in [7, 11) is 1.81. The first-order valence-corrected chi connectivity index (χ1v) is 5.12. The number of carbonyl (C=O) groups is 1. The molecule has 0 aromatic carbocycles. The molecule has 2 heterocycles. The van der Waals surface area contributed by atoms with E-state index in [1.807, 2.05) is 7.05 Å². The maximum Gasteiger partial charge on any atom is 0.291 e. The highest BCUT2D eigenvalue weighted by atomic mass is 16.2. The highest BCUT2D eigenvalue weighted by Crippen LogP contribution is 2.10. The van der Waals surface area contributed by atoms with E-state index in [1.54, 1.807) is 4.90 Å². The normalized spacial score (nSPS) is 21.3. The maximum absolute atomic E-state index is 11.9. The molecule has 0 saturated carbocycles. The monoisotopic (exact) mass is 209 g/mol. The fourth-order valence-corrected chi connectivity index (χ4v) is 1.81. The Morgan fingerprint density at radius 1 is 1.67 bits per heavy atom. The number of nitrogens with zero attached hydrogens (tertiary/aromatic N) is 3. The number of nitrogens with one attached hydrogen (secondary N) is 2. The van der Waals surface area contributed by atoms with Gasteiger partial charge < -0.3 is 10.2 Å². The Morgan fingerprint density at radius 3 is 3.13 bits per heavy atom. The van der Waals surface area contributed by atoms with Crippen LogP contribution in [0.2, 0.25) is 0 Å². The van der Waals surface area contributed by atoms with E-state index in [-0.39, 0.29) is 11.9 Å². The Balaban J connectivity index is 2.00. The van der Waals surface area contributed by atoms with Crippen molar-refractivity contribution in [1.82, 2.24) is 25.4 Å². The van der Waals surface area contributed by atoms with Gasteiger partial charge in [0.25, 0.3) is 5.91 Å². The Morgan fingerprint density at radius 2 is 2.53 bits per heavy atom. The molecule has 1 fully saturated rings. The van der Waals surface area contributed by atoms with E-state index in [9.17, 15) is 4.79 Å². The summed E-state index contributed by atoms with van der Waals surface area (Å²) < 4.78 is 0. The fourth-order valence-electron chi connectivity index (χ4n) is 1.81. The second-order valence-electron chi connectivity index (χ2n) is 3.75. The summed E-state index contributed by atoms with van der Waals surface area (Å²) in [5, 5.41) is 9.53. The van der Waals surface area contributed by atoms with Gasteiger partial charge in [-0.3, -0.25) is 9.89 Å². The van der Waals surface area contributed by atoms with Crippen LogP contribution in [-0.2, 0) is 0 Å². The number of likely N-dealkylation sites (N-methyl/N-ethyl adjacent to an activating group) is 1. The van der Waals surface area contributed by atoms with Gasteiger partial charge in [0, 0.05) is 19.6 Å². The van der Waals surface area contributed by atoms with Crippen LogP contribution >= 0.6 is 0 Å². The van der Waals surface area contributed by atoms with Crippen molar-refractivity contribution in [2.75, 3.05) is 20.1 Å². The lowest BCUT2D eigenvalue weighted by molar-refractivity contribution is 0.0696. The number of aromatic amines is 1. The minimum Gasteiger partial charge on any atom is -0.335 e. The number of carbonyl (C=O) groups excluding carboxylic acids is 1. The van der Waals surface area contributed by atoms with Crippen molar-refractivity contribution in [3.8, 4) is 0 Å². The predicted molar refractivity (Wildman–Crippen MR) is 54.4 cm³/mol. The molecule has 0 radical (unpaired) electrons. The minimum atomic E-state index is -0.0961. The van der Waals surface area contributed by atoms with Crippen LogP contribution in [0.25, 0.3) is 0 Å². The quantitative estimate of drug-likeness (QED) is 0.697. The molecule has 82 valence electrons. The molecule has 1 saturated heterocycles. The molecular weight excluding hydrogens is 194 g/mol. The van der Waals surface area contributed by atoms with Crippen LogP contribution in [0.15, 0.2) is 6.33 Å². The van der Waals surface area contributed by atoms with Crippen LogP contribution in [0.1, 0.15) is 23.5 Å².